The van der Waals surface area contributed by atoms with E-state index in [4.69, 9.17) is 23.2 Å². The van der Waals surface area contributed by atoms with E-state index in [1.54, 1.807) is 0 Å². The summed E-state index contributed by atoms with van der Waals surface area (Å²) in [6, 6.07) is 14.6. The van der Waals surface area contributed by atoms with E-state index in [0.717, 1.165) is 12.8 Å². The topological polar surface area (TPSA) is 0 Å². The number of aryl methyl sites for hydroxylation is 1. The van der Waals surface area contributed by atoms with E-state index in [1.165, 1.54) is 23.1 Å². The van der Waals surface area contributed by atoms with Crippen LogP contribution in [0.4, 0.5) is 0 Å². The molecule has 0 bridgehead atoms. The number of hydrogen-bond acceptors (Lipinski definition) is 0. The molecule has 0 saturated carbocycles. The lowest BCUT2D eigenvalue weighted by Gasteiger charge is -2.12. The Bertz CT molecular complexity index is 564. The summed E-state index contributed by atoms with van der Waals surface area (Å²) < 4.78 is 0. The molecular weight excluding hydrogens is 355 g/mol. The van der Waals surface area contributed by atoms with Crippen molar-refractivity contribution in [1.29, 1.82) is 0 Å². The molecule has 0 N–H and O–H groups in total. The van der Waals surface area contributed by atoms with Crippen molar-refractivity contribution in [3.63, 3.8) is 0 Å². The quantitative estimate of drug-likeness (QED) is 0.517. The lowest BCUT2D eigenvalue weighted by molar-refractivity contribution is 0.912. The molecule has 2 aromatic rings. The van der Waals surface area contributed by atoms with Gasteiger partial charge in [0.2, 0.25) is 0 Å². The summed E-state index contributed by atoms with van der Waals surface area (Å²) in [6.07, 6.45) is 3.21. The number of hydrogen-bond donors (Lipinski definition) is 0. The second-order valence-corrected chi connectivity index (χ2v) is 6.83. The average Bonchev–Trinajstić information content (AvgIpc) is 2.44. The molecule has 0 spiro atoms. The van der Waals surface area contributed by atoms with Crippen LogP contribution in [0.3, 0.4) is 0 Å². The van der Waals surface area contributed by atoms with Gasteiger partial charge in [-0.2, -0.15) is 0 Å². The molecule has 0 nitrogen and oxygen atoms in total. The molecule has 106 valence electrons. The summed E-state index contributed by atoms with van der Waals surface area (Å²) in [7, 11) is 0. The van der Waals surface area contributed by atoms with Gasteiger partial charge in [-0.1, -0.05) is 82.8 Å². The van der Waals surface area contributed by atoms with Crippen LogP contribution in [0.1, 0.15) is 34.9 Å². The van der Waals surface area contributed by atoms with Crippen LogP contribution >= 0.6 is 39.1 Å². The molecule has 0 amide bonds. The Hall–Kier alpha value is -0.500. The largest absolute Gasteiger partial charge is 0.0835 e. The summed E-state index contributed by atoms with van der Waals surface area (Å²) >= 11 is 15.7. The van der Waals surface area contributed by atoms with Crippen LogP contribution in [-0.2, 0) is 12.8 Å². The third kappa shape index (κ3) is 4.25. The molecule has 0 aliphatic rings. The van der Waals surface area contributed by atoms with Crippen LogP contribution in [0, 0.1) is 0 Å². The number of rotatable bonds is 5. The minimum Gasteiger partial charge on any atom is -0.0835 e. The van der Waals surface area contributed by atoms with Crippen LogP contribution in [-0.4, -0.2) is 0 Å². The zero-order valence-electron chi connectivity index (χ0n) is 11.4. The predicted molar refractivity (Wildman–Crippen MR) is 92.3 cm³/mol. The fourth-order valence-corrected chi connectivity index (χ4v) is 3.17. The molecule has 0 aliphatic heterocycles. The van der Waals surface area contributed by atoms with Crippen molar-refractivity contribution < 1.29 is 0 Å². The lowest BCUT2D eigenvalue weighted by Crippen LogP contribution is -1.96. The van der Waals surface area contributed by atoms with Gasteiger partial charge >= 0.3 is 0 Å². The van der Waals surface area contributed by atoms with Crippen LogP contribution in [0.25, 0.3) is 0 Å². The zero-order valence-corrected chi connectivity index (χ0v) is 14.5. The Labute approximate surface area is 139 Å². The average molecular weight is 372 g/mol. The summed E-state index contributed by atoms with van der Waals surface area (Å²) in [6.45, 7) is 2.20. The van der Waals surface area contributed by atoms with Gasteiger partial charge in [-0.3, -0.25) is 0 Å². The van der Waals surface area contributed by atoms with E-state index in [9.17, 15) is 0 Å². The van der Waals surface area contributed by atoms with E-state index >= 15 is 0 Å². The first kappa shape index (κ1) is 15.9. The molecule has 0 aliphatic carbocycles. The molecule has 0 saturated heterocycles. The highest BCUT2D eigenvalue weighted by atomic mass is 79.9. The van der Waals surface area contributed by atoms with Gasteiger partial charge < -0.3 is 0 Å². The van der Waals surface area contributed by atoms with Crippen molar-refractivity contribution in [2.45, 2.75) is 31.0 Å². The molecule has 0 aromatic heterocycles. The highest BCUT2D eigenvalue weighted by molar-refractivity contribution is 9.09. The van der Waals surface area contributed by atoms with Gasteiger partial charge in [-0.05, 0) is 41.7 Å². The molecule has 2 rings (SSSR count). The van der Waals surface area contributed by atoms with Gasteiger partial charge in [0.25, 0.3) is 0 Å². The third-order valence-electron chi connectivity index (χ3n) is 3.28. The second kappa shape index (κ2) is 7.49. The molecule has 2 aromatic carbocycles. The predicted octanol–water partition coefficient (Wildman–Crippen LogP) is 6.62. The van der Waals surface area contributed by atoms with E-state index in [1.807, 2.05) is 18.2 Å². The molecular formula is C17H17BrCl2. The van der Waals surface area contributed by atoms with E-state index in [0.29, 0.717) is 10.0 Å². The monoisotopic (exact) mass is 370 g/mol. The van der Waals surface area contributed by atoms with Gasteiger partial charge in [-0.25, -0.2) is 0 Å². The normalized spacial score (nSPS) is 12.4. The van der Waals surface area contributed by atoms with Gasteiger partial charge in [0.1, 0.15) is 0 Å². The summed E-state index contributed by atoms with van der Waals surface area (Å²) in [5.74, 6) is 0. The maximum atomic E-state index is 6.05. The summed E-state index contributed by atoms with van der Waals surface area (Å²) in [5.41, 5.74) is 3.86. The number of alkyl halides is 1. The number of halogens is 3. The molecule has 20 heavy (non-hydrogen) atoms. The van der Waals surface area contributed by atoms with Crippen molar-refractivity contribution in [3.8, 4) is 0 Å². The van der Waals surface area contributed by atoms with Crippen LogP contribution < -0.4 is 0 Å². The second-order valence-electron chi connectivity index (χ2n) is 4.91. The molecule has 0 fully saturated rings. The maximum Gasteiger partial charge on any atom is 0.0595 e. The van der Waals surface area contributed by atoms with Crippen LogP contribution in [0.5, 0.6) is 0 Å². The van der Waals surface area contributed by atoms with E-state index in [2.05, 4.69) is 47.1 Å². The third-order valence-corrected chi connectivity index (χ3v) is 4.87. The first-order valence-electron chi connectivity index (χ1n) is 6.77. The van der Waals surface area contributed by atoms with Crippen LogP contribution in [0.15, 0.2) is 42.5 Å². The Balaban J connectivity index is 2.06. The maximum absolute atomic E-state index is 6.05. The Morgan fingerprint density at radius 1 is 0.950 bits per heavy atom. The van der Waals surface area contributed by atoms with Gasteiger partial charge in [0.15, 0.2) is 0 Å². The highest BCUT2D eigenvalue weighted by Gasteiger charge is 2.09. The van der Waals surface area contributed by atoms with Crippen molar-refractivity contribution in [2.75, 3.05) is 0 Å². The minimum absolute atomic E-state index is 0.287. The van der Waals surface area contributed by atoms with Crippen molar-refractivity contribution in [1.82, 2.24) is 0 Å². The van der Waals surface area contributed by atoms with Crippen molar-refractivity contribution in [2.24, 2.45) is 0 Å². The van der Waals surface area contributed by atoms with Crippen molar-refractivity contribution in [3.05, 3.63) is 69.2 Å². The minimum atomic E-state index is 0.287. The molecule has 3 heteroatoms. The molecule has 1 atom stereocenters. The Morgan fingerprint density at radius 3 is 2.20 bits per heavy atom. The lowest BCUT2D eigenvalue weighted by atomic mass is 10.0. The summed E-state index contributed by atoms with van der Waals surface area (Å²) in [5, 5.41) is 1.22. The molecule has 0 radical (unpaired) electrons. The highest BCUT2D eigenvalue weighted by Crippen LogP contribution is 2.30. The SMILES string of the molecule is CCCc1ccc(C(Br)Cc2ccc(Cl)c(Cl)c2)cc1. The van der Waals surface area contributed by atoms with Gasteiger partial charge in [0, 0.05) is 4.83 Å². The first-order chi connectivity index (χ1) is 9.60. The van der Waals surface area contributed by atoms with Crippen molar-refractivity contribution >= 4 is 39.1 Å². The van der Waals surface area contributed by atoms with E-state index in [-0.39, 0.29) is 4.83 Å². The fraction of sp³-hybridized carbons (Fsp3) is 0.294. The molecule has 1 unspecified atom stereocenters. The van der Waals surface area contributed by atoms with Crippen LogP contribution in [0.2, 0.25) is 10.0 Å². The van der Waals surface area contributed by atoms with Gasteiger partial charge in [-0.15, -0.1) is 0 Å². The number of benzene rings is 2. The Morgan fingerprint density at radius 2 is 1.60 bits per heavy atom. The van der Waals surface area contributed by atoms with E-state index < -0.39 is 0 Å². The van der Waals surface area contributed by atoms with Gasteiger partial charge in [0.05, 0.1) is 10.0 Å². The molecule has 0 heterocycles. The smallest absolute Gasteiger partial charge is 0.0595 e. The fourth-order valence-electron chi connectivity index (χ4n) is 2.17. The Kier molecular flexibility index (Phi) is 5.95. The zero-order chi connectivity index (χ0) is 14.5. The summed E-state index contributed by atoms with van der Waals surface area (Å²) in [4.78, 5) is 0.287. The first-order valence-corrected chi connectivity index (χ1v) is 8.44. The standard InChI is InChI=1S/C17H17BrCl2/c1-2-3-12-4-7-14(8-5-12)15(18)10-13-6-9-16(19)17(20)11-13/h4-9,11,15H,2-3,10H2,1H3.